The monoisotopic (exact) mass is 370 g/mol. The highest BCUT2D eigenvalue weighted by Gasteiger charge is 2.11. The van der Waals surface area contributed by atoms with Crippen molar-refractivity contribution in [2.75, 3.05) is 5.75 Å². The largest absolute Gasteiger partial charge is 0.549 e. The van der Waals surface area contributed by atoms with Gasteiger partial charge in [-0.2, -0.15) is 0 Å². The van der Waals surface area contributed by atoms with E-state index in [0.29, 0.717) is 17.5 Å². The van der Waals surface area contributed by atoms with Gasteiger partial charge >= 0.3 is 0 Å². The molecule has 0 saturated heterocycles. The van der Waals surface area contributed by atoms with Crippen molar-refractivity contribution in [2.24, 2.45) is 0 Å². The lowest BCUT2D eigenvalue weighted by atomic mass is 10.3. The van der Waals surface area contributed by atoms with E-state index in [-0.39, 0.29) is 12.4 Å². The molecule has 0 amide bonds. The third-order valence-electron chi connectivity index (χ3n) is 2.61. The zero-order valence-electron chi connectivity index (χ0n) is 11.3. The summed E-state index contributed by atoms with van der Waals surface area (Å²) in [5, 5.41) is 19.1. The van der Waals surface area contributed by atoms with Crippen LogP contribution in [0.25, 0.3) is 0 Å². The summed E-state index contributed by atoms with van der Waals surface area (Å²) in [6.07, 6.45) is 0. The van der Waals surface area contributed by atoms with E-state index in [0.717, 1.165) is 22.0 Å². The molecule has 2 rings (SSSR count). The first-order valence-electron chi connectivity index (χ1n) is 6.23. The van der Waals surface area contributed by atoms with Crippen LogP contribution in [0, 0.1) is 0 Å². The molecule has 0 N–H and O–H groups in total. The van der Waals surface area contributed by atoms with Gasteiger partial charge in [0.25, 0.3) is 0 Å². The molecule has 2 aromatic rings. The molecule has 0 radical (unpaired) electrons. The Kier molecular flexibility index (Phi) is 5.63. The number of thioether (sulfide) groups is 1. The summed E-state index contributed by atoms with van der Waals surface area (Å²) >= 11 is 4.45. The smallest absolute Gasteiger partial charge is 0.191 e. The number of aromatic nitrogens is 3. The Balaban J connectivity index is 2.02. The van der Waals surface area contributed by atoms with E-state index in [1.165, 1.54) is 0 Å². The molecule has 0 unspecified atom stereocenters. The van der Waals surface area contributed by atoms with E-state index < -0.39 is 5.97 Å². The van der Waals surface area contributed by atoms with Gasteiger partial charge in [-0.25, -0.2) is 0 Å². The second-order valence-corrected chi connectivity index (χ2v) is 5.90. The minimum Gasteiger partial charge on any atom is -0.549 e. The zero-order valence-corrected chi connectivity index (χ0v) is 13.7. The topological polar surface area (TPSA) is 80.1 Å². The lowest BCUT2D eigenvalue weighted by molar-refractivity contribution is -0.301. The van der Waals surface area contributed by atoms with Gasteiger partial charge in [-0.3, -0.25) is 0 Å². The fourth-order valence-electron chi connectivity index (χ4n) is 1.65. The van der Waals surface area contributed by atoms with E-state index in [4.69, 9.17) is 4.74 Å². The molecule has 8 heteroatoms. The highest BCUT2D eigenvalue weighted by Crippen LogP contribution is 2.19. The molecule has 112 valence electrons. The first-order chi connectivity index (χ1) is 10.1. The Labute approximate surface area is 134 Å². The second-order valence-electron chi connectivity index (χ2n) is 4.05. The Morgan fingerprint density at radius 2 is 2.10 bits per heavy atom. The van der Waals surface area contributed by atoms with Gasteiger partial charge < -0.3 is 19.2 Å². The van der Waals surface area contributed by atoms with Gasteiger partial charge in [-0.15, -0.1) is 10.2 Å². The molecule has 1 heterocycles. The summed E-state index contributed by atoms with van der Waals surface area (Å²) in [6.45, 7) is 2.85. The SMILES string of the molecule is CCn1c(COc2ccc(Br)cc2)nnc1SCC(=O)[O-]. The molecule has 6 nitrogen and oxygen atoms in total. The highest BCUT2D eigenvalue weighted by atomic mass is 79.9. The molecule has 1 aromatic heterocycles. The van der Waals surface area contributed by atoms with E-state index in [1.54, 1.807) is 0 Å². The van der Waals surface area contributed by atoms with Crippen LogP contribution in [0.1, 0.15) is 12.7 Å². The first kappa shape index (κ1) is 15.8. The second kappa shape index (κ2) is 7.46. The third kappa shape index (κ3) is 4.47. The van der Waals surface area contributed by atoms with Crippen molar-refractivity contribution in [2.45, 2.75) is 25.2 Å². The first-order valence-corrected chi connectivity index (χ1v) is 8.01. The fourth-order valence-corrected chi connectivity index (χ4v) is 2.65. The van der Waals surface area contributed by atoms with Crippen molar-refractivity contribution >= 4 is 33.7 Å². The van der Waals surface area contributed by atoms with Gasteiger partial charge in [0.15, 0.2) is 11.0 Å². The number of nitrogens with zero attached hydrogens (tertiary/aromatic N) is 3. The summed E-state index contributed by atoms with van der Waals surface area (Å²) in [7, 11) is 0. The van der Waals surface area contributed by atoms with Crippen molar-refractivity contribution in [1.82, 2.24) is 14.8 Å². The third-order valence-corrected chi connectivity index (χ3v) is 4.08. The van der Waals surface area contributed by atoms with E-state index in [2.05, 4.69) is 26.1 Å². The number of carbonyl (C=O) groups excluding carboxylic acids is 1. The van der Waals surface area contributed by atoms with Crippen LogP contribution in [-0.4, -0.2) is 26.5 Å². The number of aliphatic carboxylic acids is 1. The molecule has 0 atom stereocenters. The van der Waals surface area contributed by atoms with Gasteiger partial charge in [0.2, 0.25) is 0 Å². The molecule has 1 aromatic carbocycles. The number of rotatable bonds is 7. The molecule has 21 heavy (non-hydrogen) atoms. The molecule has 0 saturated carbocycles. The summed E-state index contributed by atoms with van der Waals surface area (Å²) in [4.78, 5) is 10.5. The maximum absolute atomic E-state index is 10.5. The zero-order chi connectivity index (χ0) is 15.2. The Morgan fingerprint density at radius 3 is 2.71 bits per heavy atom. The van der Waals surface area contributed by atoms with Gasteiger partial charge in [-0.1, -0.05) is 27.7 Å². The Bertz CT molecular complexity index is 616. The number of carboxylic acid groups (broad SMARTS) is 1. The standard InChI is InChI=1S/C13H14BrN3O3S/c1-2-17-11(15-16-13(17)21-8-12(18)19)7-20-10-5-3-9(14)4-6-10/h3-6H,2,7-8H2,1H3,(H,18,19)/p-1. The van der Waals surface area contributed by atoms with Crippen molar-refractivity contribution in [1.29, 1.82) is 0 Å². The molecule has 0 bridgehead atoms. The molecular formula is C13H13BrN3O3S-. The quantitative estimate of drug-likeness (QED) is 0.686. The number of ether oxygens (including phenoxy) is 1. The average Bonchev–Trinajstić information content (AvgIpc) is 2.86. The van der Waals surface area contributed by atoms with E-state index in [9.17, 15) is 9.90 Å². The minimum absolute atomic E-state index is 0.147. The fraction of sp³-hybridized carbons (Fsp3) is 0.308. The predicted octanol–water partition coefficient (Wildman–Crippen LogP) is 1.48. The maximum atomic E-state index is 10.5. The Hall–Kier alpha value is -1.54. The summed E-state index contributed by atoms with van der Waals surface area (Å²) < 4.78 is 8.45. The lowest BCUT2D eigenvalue weighted by Gasteiger charge is -2.09. The minimum atomic E-state index is -1.13. The van der Waals surface area contributed by atoms with Crippen LogP contribution in [0.3, 0.4) is 0 Å². The Morgan fingerprint density at radius 1 is 1.38 bits per heavy atom. The molecule has 0 aliphatic rings. The van der Waals surface area contributed by atoms with Gasteiger partial charge in [0, 0.05) is 16.8 Å². The predicted molar refractivity (Wildman–Crippen MR) is 79.9 cm³/mol. The normalized spacial score (nSPS) is 10.6. The van der Waals surface area contributed by atoms with E-state index in [1.807, 2.05) is 35.8 Å². The maximum Gasteiger partial charge on any atom is 0.191 e. The molecule has 0 aliphatic heterocycles. The van der Waals surface area contributed by atoms with Crippen LogP contribution in [-0.2, 0) is 17.9 Å². The van der Waals surface area contributed by atoms with Crippen LogP contribution in [0.15, 0.2) is 33.9 Å². The summed E-state index contributed by atoms with van der Waals surface area (Å²) in [5.41, 5.74) is 0. The highest BCUT2D eigenvalue weighted by molar-refractivity contribution is 9.10. The molecule has 0 aliphatic carbocycles. The average molecular weight is 371 g/mol. The van der Waals surface area contributed by atoms with E-state index >= 15 is 0 Å². The van der Waals surface area contributed by atoms with Crippen molar-refractivity contribution in [3.63, 3.8) is 0 Å². The van der Waals surface area contributed by atoms with Gasteiger partial charge in [0.1, 0.15) is 12.4 Å². The lowest BCUT2D eigenvalue weighted by Crippen LogP contribution is -2.24. The number of carboxylic acids is 1. The summed E-state index contributed by atoms with van der Waals surface area (Å²) in [6, 6.07) is 7.48. The van der Waals surface area contributed by atoms with Crippen LogP contribution in [0.5, 0.6) is 5.75 Å². The number of benzene rings is 1. The van der Waals surface area contributed by atoms with Crippen LogP contribution in [0.2, 0.25) is 0 Å². The van der Waals surface area contributed by atoms with Crippen molar-refractivity contribution in [3.05, 3.63) is 34.6 Å². The van der Waals surface area contributed by atoms with Gasteiger partial charge in [0.05, 0.1) is 5.97 Å². The molecule has 0 spiro atoms. The van der Waals surface area contributed by atoms with Crippen LogP contribution >= 0.6 is 27.7 Å². The van der Waals surface area contributed by atoms with Gasteiger partial charge in [-0.05, 0) is 31.2 Å². The summed E-state index contributed by atoms with van der Waals surface area (Å²) in [5.74, 6) is 0.110. The van der Waals surface area contributed by atoms with Crippen molar-refractivity contribution in [3.8, 4) is 5.75 Å². The number of hydrogen-bond donors (Lipinski definition) is 0. The van der Waals surface area contributed by atoms with Crippen LogP contribution in [0.4, 0.5) is 0 Å². The van der Waals surface area contributed by atoms with Crippen molar-refractivity contribution < 1.29 is 14.6 Å². The number of halogens is 1. The number of carbonyl (C=O) groups is 1. The molecular weight excluding hydrogens is 358 g/mol. The molecule has 0 fully saturated rings. The number of hydrogen-bond acceptors (Lipinski definition) is 6. The van der Waals surface area contributed by atoms with Crippen LogP contribution < -0.4 is 9.84 Å².